The summed E-state index contributed by atoms with van der Waals surface area (Å²) < 4.78 is 48.9. The zero-order valence-electron chi connectivity index (χ0n) is 20.0. The van der Waals surface area contributed by atoms with E-state index in [1.165, 1.54) is 43.6 Å². The summed E-state index contributed by atoms with van der Waals surface area (Å²) in [5, 5.41) is 0.0717. The van der Waals surface area contributed by atoms with Gasteiger partial charge in [0.05, 0.1) is 28.6 Å². The van der Waals surface area contributed by atoms with E-state index in [0.717, 1.165) is 25.9 Å². The van der Waals surface area contributed by atoms with Crippen LogP contribution in [0.2, 0.25) is 0 Å². The van der Waals surface area contributed by atoms with Crippen LogP contribution >= 0.6 is 0 Å². The normalized spacial score (nSPS) is 18.9. The first kappa shape index (κ1) is 24.3. The minimum absolute atomic E-state index is 0.0128. The molecule has 0 N–H and O–H groups in total. The van der Waals surface area contributed by atoms with Gasteiger partial charge in [0.25, 0.3) is 0 Å². The molecule has 0 bridgehead atoms. The largest absolute Gasteiger partial charge is 0.497 e. The van der Waals surface area contributed by atoms with Crippen LogP contribution in [0.15, 0.2) is 57.2 Å². The fourth-order valence-corrected chi connectivity index (χ4v) is 6.34. The van der Waals surface area contributed by atoms with Gasteiger partial charge in [-0.2, -0.15) is 0 Å². The Kier molecular flexibility index (Phi) is 6.71. The topological polar surface area (TPSA) is 68.6 Å². The molecule has 1 saturated heterocycles. The van der Waals surface area contributed by atoms with E-state index >= 15 is 4.39 Å². The highest BCUT2D eigenvalue weighted by molar-refractivity contribution is 7.91. The number of hydrogen-bond donors (Lipinski definition) is 0. The number of benzene rings is 2. The zero-order chi connectivity index (χ0) is 24.6. The van der Waals surface area contributed by atoms with Crippen molar-refractivity contribution >= 4 is 26.4 Å². The Hall–Kier alpha value is -2.87. The summed E-state index contributed by atoms with van der Waals surface area (Å²) >= 11 is 0. The minimum Gasteiger partial charge on any atom is -0.497 e. The van der Waals surface area contributed by atoms with Gasteiger partial charge in [-0.3, -0.25) is 4.79 Å². The van der Waals surface area contributed by atoms with Crippen molar-refractivity contribution in [3.63, 3.8) is 0 Å². The van der Waals surface area contributed by atoms with Crippen molar-refractivity contribution in [1.82, 2.24) is 4.57 Å². The van der Waals surface area contributed by atoms with Crippen molar-refractivity contribution < 1.29 is 17.5 Å². The number of piperidine rings is 1. The molecule has 2 atom stereocenters. The number of anilines is 1. The van der Waals surface area contributed by atoms with Gasteiger partial charge < -0.3 is 14.2 Å². The van der Waals surface area contributed by atoms with E-state index in [9.17, 15) is 13.2 Å². The van der Waals surface area contributed by atoms with Gasteiger partial charge >= 0.3 is 0 Å². The first-order valence-electron chi connectivity index (χ1n) is 11.7. The van der Waals surface area contributed by atoms with Crippen LogP contribution in [-0.2, 0) is 16.4 Å². The Labute approximate surface area is 199 Å². The molecule has 3 aromatic rings. The second-order valence-corrected chi connectivity index (χ2v) is 11.3. The fourth-order valence-electron chi connectivity index (χ4n) is 4.97. The maximum absolute atomic E-state index is 15.3. The summed E-state index contributed by atoms with van der Waals surface area (Å²) in [5.74, 6) is 0.882. The van der Waals surface area contributed by atoms with E-state index in [1.54, 1.807) is 10.6 Å². The maximum Gasteiger partial charge on any atom is 0.211 e. The van der Waals surface area contributed by atoms with E-state index in [0.29, 0.717) is 35.3 Å². The predicted molar refractivity (Wildman–Crippen MR) is 132 cm³/mol. The Morgan fingerprint density at radius 1 is 1.09 bits per heavy atom. The molecular weight excluding hydrogens is 455 g/mol. The standard InChI is InChI=1S/C26H31FN2O4S/c1-5-10-28-16-25(34(31,32)20-8-6-19(33-4)7-9-20)26(30)21-12-22(27)24(13-23(21)28)29-14-17(2)11-18(3)15-29/h6-9,12-13,16-18H,5,10-11,14-15H2,1-4H3/t17-,18-/m0/s1. The van der Waals surface area contributed by atoms with Crippen LogP contribution < -0.4 is 15.1 Å². The highest BCUT2D eigenvalue weighted by Crippen LogP contribution is 2.32. The summed E-state index contributed by atoms with van der Waals surface area (Å²) in [6, 6.07) is 8.79. The molecule has 0 saturated carbocycles. The number of hydrogen-bond acceptors (Lipinski definition) is 5. The molecular formula is C26H31FN2O4S. The summed E-state index contributed by atoms with van der Waals surface area (Å²) in [4.78, 5) is 15.0. The average molecular weight is 487 g/mol. The third-order valence-electron chi connectivity index (χ3n) is 6.45. The first-order valence-corrected chi connectivity index (χ1v) is 13.1. The number of rotatable bonds is 6. The van der Waals surface area contributed by atoms with Gasteiger partial charge in [0.15, 0.2) is 0 Å². The molecule has 1 fully saturated rings. The molecule has 2 heterocycles. The highest BCUT2D eigenvalue weighted by atomic mass is 32.2. The van der Waals surface area contributed by atoms with Gasteiger partial charge in [0.1, 0.15) is 16.5 Å². The second kappa shape index (κ2) is 9.41. The fraction of sp³-hybridized carbons (Fsp3) is 0.423. The molecule has 0 radical (unpaired) electrons. The van der Waals surface area contributed by atoms with Crippen LogP contribution in [-0.4, -0.2) is 33.2 Å². The van der Waals surface area contributed by atoms with Crippen molar-refractivity contribution in [2.75, 3.05) is 25.1 Å². The zero-order valence-corrected chi connectivity index (χ0v) is 20.9. The van der Waals surface area contributed by atoms with Gasteiger partial charge in [0, 0.05) is 25.8 Å². The number of nitrogens with zero attached hydrogens (tertiary/aromatic N) is 2. The SMILES string of the molecule is CCCn1cc(S(=O)(=O)c2ccc(OC)cc2)c(=O)c2cc(F)c(N3C[C@@H](C)C[C@H](C)C3)cc21. The van der Waals surface area contributed by atoms with Crippen molar-refractivity contribution in [2.45, 2.75) is 49.9 Å². The van der Waals surface area contributed by atoms with Crippen molar-refractivity contribution in [2.24, 2.45) is 11.8 Å². The van der Waals surface area contributed by atoms with Gasteiger partial charge in [-0.1, -0.05) is 20.8 Å². The lowest BCUT2D eigenvalue weighted by Crippen LogP contribution is -2.39. The molecule has 182 valence electrons. The predicted octanol–water partition coefficient (Wildman–Crippen LogP) is 4.87. The molecule has 4 rings (SSSR count). The van der Waals surface area contributed by atoms with Crippen LogP contribution in [0.5, 0.6) is 5.75 Å². The Morgan fingerprint density at radius 3 is 2.32 bits per heavy atom. The number of halogens is 1. The van der Waals surface area contributed by atoms with Crippen LogP contribution in [0.3, 0.4) is 0 Å². The molecule has 2 aromatic carbocycles. The number of ether oxygens (including phenoxy) is 1. The number of aromatic nitrogens is 1. The minimum atomic E-state index is -4.11. The second-order valence-electron chi connectivity index (χ2n) is 9.37. The summed E-state index contributed by atoms with van der Waals surface area (Å²) in [5.41, 5.74) is 0.313. The lowest BCUT2D eigenvalue weighted by atomic mass is 9.91. The van der Waals surface area contributed by atoms with Gasteiger partial charge in [-0.25, -0.2) is 12.8 Å². The van der Waals surface area contributed by atoms with E-state index in [2.05, 4.69) is 13.8 Å². The number of sulfone groups is 1. The lowest BCUT2D eigenvalue weighted by molar-refractivity contribution is 0.354. The number of methoxy groups -OCH3 is 1. The Balaban J connectivity index is 1.89. The van der Waals surface area contributed by atoms with Crippen LogP contribution in [0.1, 0.15) is 33.6 Å². The lowest BCUT2D eigenvalue weighted by Gasteiger charge is -2.37. The number of aryl methyl sites for hydroxylation is 1. The molecule has 34 heavy (non-hydrogen) atoms. The van der Waals surface area contributed by atoms with E-state index in [-0.39, 0.29) is 15.2 Å². The number of fused-ring (bicyclic) bond motifs is 1. The summed E-state index contributed by atoms with van der Waals surface area (Å²) in [7, 11) is -2.62. The molecule has 0 spiro atoms. The third kappa shape index (κ3) is 4.43. The third-order valence-corrected chi connectivity index (χ3v) is 8.21. The van der Waals surface area contributed by atoms with Gasteiger partial charge in [-0.15, -0.1) is 0 Å². The van der Waals surface area contributed by atoms with Crippen molar-refractivity contribution in [3.8, 4) is 5.75 Å². The van der Waals surface area contributed by atoms with E-state index in [4.69, 9.17) is 4.74 Å². The Bertz CT molecular complexity index is 1360. The van der Waals surface area contributed by atoms with Crippen molar-refractivity contribution in [3.05, 3.63) is 58.6 Å². The molecule has 1 aliphatic heterocycles. The molecule has 0 aliphatic carbocycles. The molecule has 0 unspecified atom stereocenters. The Morgan fingerprint density at radius 2 is 1.74 bits per heavy atom. The van der Waals surface area contributed by atoms with E-state index < -0.39 is 21.1 Å². The summed E-state index contributed by atoms with van der Waals surface area (Å²) in [6.07, 6.45) is 3.22. The van der Waals surface area contributed by atoms with Crippen LogP contribution in [0.4, 0.5) is 10.1 Å². The average Bonchev–Trinajstić information content (AvgIpc) is 2.80. The molecule has 1 aromatic heterocycles. The van der Waals surface area contributed by atoms with Gasteiger partial charge in [-0.05, 0) is 61.1 Å². The van der Waals surface area contributed by atoms with Crippen molar-refractivity contribution in [1.29, 1.82) is 0 Å². The molecule has 8 heteroatoms. The smallest absolute Gasteiger partial charge is 0.211 e. The quantitative estimate of drug-likeness (QED) is 0.497. The molecule has 6 nitrogen and oxygen atoms in total. The van der Waals surface area contributed by atoms with Crippen LogP contribution in [0.25, 0.3) is 10.9 Å². The summed E-state index contributed by atoms with van der Waals surface area (Å²) in [6.45, 7) is 8.28. The van der Waals surface area contributed by atoms with E-state index in [1.807, 2.05) is 11.8 Å². The van der Waals surface area contributed by atoms with Gasteiger partial charge in [0.2, 0.25) is 15.3 Å². The highest BCUT2D eigenvalue weighted by Gasteiger charge is 2.27. The monoisotopic (exact) mass is 486 g/mol. The van der Waals surface area contributed by atoms with Crippen LogP contribution in [0, 0.1) is 17.7 Å². The number of pyridine rings is 1. The first-order chi connectivity index (χ1) is 16.1. The molecule has 0 amide bonds. The molecule has 1 aliphatic rings. The maximum atomic E-state index is 15.3.